The molecule has 0 radical (unpaired) electrons. The fourth-order valence-electron chi connectivity index (χ4n) is 2.69. The number of benzene rings is 1. The monoisotopic (exact) mass is 378 g/mol. The number of anilines is 3. The van der Waals surface area contributed by atoms with Gasteiger partial charge in [0, 0.05) is 40.4 Å². The Labute approximate surface area is 161 Å². The smallest absolute Gasteiger partial charge is 0.256 e. The number of halogens is 1. The second-order valence-electron chi connectivity index (χ2n) is 5.50. The number of aromatic nitrogens is 3. The zero-order chi connectivity index (χ0) is 24.0. The maximum absolute atomic E-state index is 14.1. The van der Waals surface area contributed by atoms with Crippen molar-refractivity contribution < 1.29 is 26.9 Å². The molecule has 9 nitrogen and oxygen atoms in total. The normalized spacial score (nSPS) is 16.9. The third-order valence-electron chi connectivity index (χ3n) is 3.83. The summed E-state index contributed by atoms with van der Waals surface area (Å²) in [6.45, 7) is -4.93. The number of nitrogens with zero attached hydrogens (tertiary/aromatic N) is 3. The predicted molar refractivity (Wildman–Crippen MR) is 96.6 cm³/mol. The van der Waals surface area contributed by atoms with Crippen molar-refractivity contribution in [1.29, 1.82) is 0 Å². The molecule has 0 spiro atoms. The van der Waals surface area contributed by atoms with Crippen molar-refractivity contribution in [1.82, 2.24) is 19.9 Å². The highest BCUT2D eigenvalue weighted by Gasteiger charge is 2.20. The minimum Gasteiger partial charge on any atom is -0.486 e. The van der Waals surface area contributed by atoms with Crippen molar-refractivity contribution in [3.63, 3.8) is 0 Å². The minimum absolute atomic E-state index is 0.000317. The lowest BCUT2D eigenvalue weighted by Crippen LogP contribution is -2.18. The highest BCUT2D eigenvalue weighted by Crippen LogP contribution is 2.39. The molecule has 0 saturated carbocycles. The van der Waals surface area contributed by atoms with Crippen LogP contribution in [0.5, 0.6) is 11.5 Å². The van der Waals surface area contributed by atoms with Gasteiger partial charge in [0.1, 0.15) is 36.2 Å². The molecule has 0 saturated heterocycles. The fraction of sp³-hybridized carbons (Fsp3) is 0.235. The molecule has 3 aromatic rings. The van der Waals surface area contributed by atoms with E-state index in [0.717, 1.165) is 22.8 Å². The molecule has 2 aromatic heterocycles. The van der Waals surface area contributed by atoms with Crippen molar-refractivity contribution in [2.45, 2.75) is 0 Å². The lowest BCUT2D eigenvalue weighted by molar-refractivity contribution is 0.0964. The van der Waals surface area contributed by atoms with Gasteiger partial charge in [-0.1, -0.05) is 0 Å². The maximum Gasteiger partial charge on any atom is 0.256 e. The number of rotatable bonds is 4. The maximum atomic E-state index is 14.1. The summed E-state index contributed by atoms with van der Waals surface area (Å²) in [4.78, 5) is 16.7. The lowest BCUT2D eigenvalue weighted by Gasteiger charge is -2.21. The molecular formula is C17H17FN6O3. The minimum atomic E-state index is -2.76. The zero-order valence-corrected chi connectivity index (χ0v) is 13.7. The third-order valence-corrected chi connectivity index (χ3v) is 3.83. The van der Waals surface area contributed by atoms with Gasteiger partial charge in [0.2, 0.25) is 0 Å². The van der Waals surface area contributed by atoms with Crippen LogP contribution < -0.4 is 25.4 Å². The second kappa shape index (κ2) is 6.63. The van der Waals surface area contributed by atoms with E-state index in [1.807, 2.05) is 5.32 Å². The predicted octanol–water partition coefficient (Wildman–Crippen LogP) is 1.78. The van der Waals surface area contributed by atoms with Crippen LogP contribution in [-0.2, 0) is 0 Å². The summed E-state index contributed by atoms with van der Waals surface area (Å²) in [5.74, 6) is -1.30. The summed E-state index contributed by atoms with van der Waals surface area (Å²) >= 11 is 0. The number of ether oxygens (including phenoxy) is 2. The van der Waals surface area contributed by atoms with Crippen molar-refractivity contribution in [3.8, 4) is 11.5 Å². The van der Waals surface area contributed by atoms with Crippen LogP contribution in [0.4, 0.5) is 21.7 Å². The molecule has 3 N–H and O–H groups in total. The van der Waals surface area contributed by atoms with Crippen LogP contribution in [0.1, 0.15) is 18.6 Å². The molecule has 1 aliphatic heterocycles. The van der Waals surface area contributed by atoms with Crippen LogP contribution >= 0.6 is 0 Å². The number of nitrogens with one attached hydrogen (secondary N) is 3. The zero-order valence-electron chi connectivity index (χ0n) is 19.7. The summed E-state index contributed by atoms with van der Waals surface area (Å²) in [5.41, 5.74) is -0.213. The molecule has 10 heteroatoms. The molecule has 1 aliphatic rings. The SMILES string of the molecule is [2H]C([2H])([2H])NC(=O)c1cnn2c(NC([2H])([2H])[2H])cc(Nc3cc(F)cc4c3OCCO4)nc12. The summed E-state index contributed by atoms with van der Waals surface area (Å²) in [6, 6.07) is 3.57. The molecule has 0 fully saturated rings. The van der Waals surface area contributed by atoms with Crippen molar-refractivity contribution >= 4 is 28.9 Å². The van der Waals surface area contributed by atoms with Gasteiger partial charge in [-0.2, -0.15) is 9.61 Å². The van der Waals surface area contributed by atoms with Crippen LogP contribution in [-0.4, -0.2) is 47.7 Å². The fourth-order valence-corrected chi connectivity index (χ4v) is 2.69. The van der Waals surface area contributed by atoms with E-state index in [1.54, 1.807) is 0 Å². The van der Waals surface area contributed by atoms with E-state index in [-0.39, 0.29) is 53.2 Å². The Morgan fingerprint density at radius 1 is 1.30 bits per heavy atom. The first-order chi connectivity index (χ1) is 15.4. The van der Waals surface area contributed by atoms with Gasteiger partial charge in [0.05, 0.1) is 11.9 Å². The number of hydrogen-bond acceptors (Lipinski definition) is 7. The molecule has 1 amide bonds. The van der Waals surface area contributed by atoms with Crippen LogP contribution in [0, 0.1) is 5.82 Å². The van der Waals surface area contributed by atoms with E-state index in [2.05, 4.69) is 20.7 Å². The van der Waals surface area contributed by atoms with Crippen LogP contribution in [0.15, 0.2) is 24.4 Å². The quantitative estimate of drug-likeness (QED) is 0.636. The molecule has 0 aliphatic carbocycles. The van der Waals surface area contributed by atoms with Gasteiger partial charge in [-0.15, -0.1) is 0 Å². The Bertz CT molecular complexity index is 1230. The molecule has 1 aromatic carbocycles. The number of amides is 1. The van der Waals surface area contributed by atoms with Gasteiger partial charge in [-0.3, -0.25) is 4.79 Å². The van der Waals surface area contributed by atoms with Crippen molar-refractivity contribution in [2.24, 2.45) is 0 Å². The van der Waals surface area contributed by atoms with Gasteiger partial charge >= 0.3 is 0 Å². The third kappa shape index (κ3) is 2.94. The molecule has 140 valence electrons. The number of hydrogen-bond donors (Lipinski definition) is 3. The highest BCUT2D eigenvalue weighted by atomic mass is 19.1. The van der Waals surface area contributed by atoms with E-state index in [9.17, 15) is 9.18 Å². The average Bonchev–Trinajstić information content (AvgIpc) is 3.10. The molecule has 4 rings (SSSR count). The van der Waals surface area contributed by atoms with Gasteiger partial charge < -0.3 is 25.4 Å². The highest BCUT2D eigenvalue weighted by molar-refractivity contribution is 6.00. The largest absolute Gasteiger partial charge is 0.486 e. The molecular weight excluding hydrogens is 355 g/mol. The Morgan fingerprint density at radius 2 is 2.19 bits per heavy atom. The van der Waals surface area contributed by atoms with Crippen LogP contribution in [0.2, 0.25) is 0 Å². The van der Waals surface area contributed by atoms with Crippen molar-refractivity contribution in [2.75, 3.05) is 37.8 Å². The summed E-state index contributed by atoms with van der Waals surface area (Å²) in [6.07, 6.45) is 1.05. The first kappa shape index (κ1) is 11.2. The van der Waals surface area contributed by atoms with E-state index in [1.165, 1.54) is 6.07 Å². The van der Waals surface area contributed by atoms with Crippen LogP contribution in [0.25, 0.3) is 5.65 Å². The molecule has 27 heavy (non-hydrogen) atoms. The second-order valence-corrected chi connectivity index (χ2v) is 5.50. The standard InChI is InChI=1S/C17H17FN6O3/c1-19-14-7-13(23-16-10(17(25)20-2)8-21-24(14)16)22-11-5-9(18)6-12-15(11)27-4-3-26-12/h5-8,19H,3-4H2,1-2H3,(H,20,25)(H,22,23)/i1D3,2D3. The van der Waals surface area contributed by atoms with Gasteiger partial charge in [-0.05, 0) is 0 Å². The molecule has 3 heterocycles. The van der Waals surface area contributed by atoms with E-state index >= 15 is 0 Å². The average molecular weight is 378 g/mol. The molecule has 0 atom stereocenters. The summed E-state index contributed by atoms with van der Waals surface area (Å²) in [7, 11) is 0. The topological polar surface area (TPSA) is 102 Å². The van der Waals surface area contributed by atoms with Crippen molar-refractivity contribution in [3.05, 3.63) is 35.8 Å². The molecule has 0 unspecified atom stereocenters. The first-order valence-electron chi connectivity index (χ1n) is 10.8. The molecule has 0 bridgehead atoms. The van der Waals surface area contributed by atoms with E-state index < -0.39 is 25.7 Å². The Balaban J connectivity index is 1.81. The Hall–Kier alpha value is -3.56. The van der Waals surface area contributed by atoms with Gasteiger partial charge in [0.25, 0.3) is 5.91 Å². The number of carbonyl (C=O) groups is 1. The first-order valence-corrected chi connectivity index (χ1v) is 7.75. The lowest BCUT2D eigenvalue weighted by atomic mass is 10.2. The van der Waals surface area contributed by atoms with Crippen LogP contribution in [0.3, 0.4) is 0 Å². The Morgan fingerprint density at radius 3 is 3.04 bits per heavy atom. The Kier molecular flexibility index (Phi) is 2.75. The number of carbonyl (C=O) groups excluding carboxylic acids is 1. The van der Waals surface area contributed by atoms with E-state index in [0.29, 0.717) is 0 Å². The van der Waals surface area contributed by atoms with Gasteiger partial charge in [0.15, 0.2) is 17.1 Å². The van der Waals surface area contributed by atoms with Gasteiger partial charge in [-0.25, -0.2) is 9.37 Å². The number of fused-ring (bicyclic) bond motifs is 2. The van der Waals surface area contributed by atoms with E-state index in [4.69, 9.17) is 17.7 Å². The summed E-state index contributed by atoms with van der Waals surface area (Å²) in [5, 5.41) is 10.9. The summed E-state index contributed by atoms with van der Waals surface area (Å²) < 4.78 is 70.2.